The maximum atomic E-state index is 13.4. The van der Waals surface area contributed by atoms with Crippen molar-refractivity contribution in [1.82, 2.24) is 24.8 Å². The summed E-state index contributed by atoms with van der Waals surface area (Å²) in [6.45, 7) is 1.65. The van der Waals surface area contributed by atoms with Crippen LogP contribution in [0.1, 0.15) is 36.7 Å². The quantitative estimate of drug-likeness (QED) is 0.603. The van der Waals surface area contributed by atoms with E-state index in [2.05, 4.69) is 15.4 Å². The van der Waals surface area contributed by atoms with Crippen molar-refractivity contribution in [1.29, 1.82) is 0 Å². The van der Waals surface area contributed by atoms with Crippen molar-refractivity contribution >= 4 is 12.1 Å². The Balaban J connectivity index is 0.00000107. The highest BCUT2D eigenvalue weighted by Crippen LogP contribution is 2.33. The van der Waals surface area contributed by atoms with Gasteiger partial charge in [0.2, 0.25) is 0 Å². The molecular formula is C19H18F3N5O4. The van der Waals surface area contributed by atoms with E-state index in [-0.39, 0.29) is 30.2 Å². The first kappa shape index (κ1) is 23.5. The van der Waals surface area contributed by atoms with Crippen molar-refractivity contribution in [2.24, 2.45) is 0 Å². The standard InChI is InChI=1S/C18H18F3N5O2.CO2/c1-2-12-10-22-26(17(12)18(19,20)21)15-8-6-14(7-9-15)25-11-13(23-24-25)4-3-5-16(27)28;2-1-3/h6-11H,2-5H2,1H3,(H,27,28);. The van der Waals surface area contributed by atoms with Crippen molar-refractivity contribution in [3.63, 3.8) is 0 Å². The number of hydrogen-bond donors (Lipinski definition) is 1. The molecule has 0 unspecified atom stereocenters. The Labute approximate surface area is 174 Å². The molecule has 1 aromatic carbocycles. The Hall–Kier alpha value is -3.79. The number of carboxylic acid groups (broad SMARTS) is 1. The molecule has 0 saturated heterocycles. The molecule has 0 radical (unpaired) electrons. The molecule has 0 fully saturated rings. The molecule has 1 N–H and O–H groups in total. The van der Waals surface area contributed by atoms with Gasteiger partial charge in [0.1, 0.15) is 0 Å². The summed E-state index contributed by atoms with van der Waals surface area (Å²) in [6.07, 6.45) is -0.141. The molecular weight excluding hydrogens is 419 g/mol. The van der Waals surface area contributed by atoms with E-state index >= 15 is 0 Å². The van der Waals surface area contributed by atoms with E-state index in [1.54, 1.807) is 25.3 Å². The summed E-state index contributed by atoms with van der Waals surface area (Å²) in [5.41, 5.74) is 0.919. The summed E-state index contributed by atoms with van der Waals surface area (Å²) in [4.78, 5) is 26.8. The molecule has 0 aliphatic heterocycles. The number of aryl methyl sites for hydroxylation is 2. The highest BCUT2D eigenvalue weighted by molar-refractivity contribution is 5.66. The molecule has 0 aliphatic carbocycles. The number of carbonyl (C=O) groups is 1. The Morgan fingerprint density at radius 3 is 2.32 bits per heavy atom. The van der Waals surface area contributed by atoms with E-state index in [9.17, 15) is 18.0 Å². The van der Waals surface area contributed by atoms with Gasteiger partial charge < -0.3 is 5.11 Å². The molecule has 0 bridgehead atoms. The molecule has 0 amide bonds. The SMILES string of the molecule is CCc1cnn(-c2ccc(-n3cc(CCCC(=O)O)nn3)cc2)c1C(F)(F)F.O=C=O. The highest BCUT2D eigenvalue weighted by atomic mass is 19.4. The molecule has 3 rings (SSSR count). The summed E-state index contributed by atoms with van der Waals surface area (Å²) in [5, 5.41) is 20.5. The Kier molecular flexibility index (Phi) is 7.81. The van der Waals surface area contributed by atoms with Gasteiger partial charge in [-0.15, -0.1) is 5.10 Å². The second-order valence-electron chi connectivity index (χ2n) is 6.28. The normalized spacial score (nSPS) is 10.8. The minimum atomic E-state index is -4.50. The van der Waals surface area contributed by atoms with Crippen LogP contribution < -0.4 is 0 Å². The van der Waals surface area contributed by atoms with Gasteiger partial charge >= 0.3 is 18.3 Å². The van der Waals surface area contributed by atoms with Crippen molar-refractivity contribution in [3.05, 3.63) is 53.6 Å². The molecule has 164 valence electrons. The van der Waals surface area contributed by atoms with Gasteiger partial charge in [0.15, 0.2) is 5.69 Å². The van der Waals surface area contributed by atoms with Gasteiger partial charge in [-0.3, -0.25) is 4.79 Å². The molecule has 0 spiro atoms. The Morgan fingerprint density at radius 1 is 1.16 bits per heavy atom. The monoisotopic (exact) mass is 437 g/mol. The fourth-order valence-electron chi connectivity index (χ4n) is 2.85. The molecule has 2 heterocycles. The van der Waals surface area contributed by atoms with E-state index in [1.165, 1.54) is 23.0 Å². The third-order valence-corrected chi connectivity index (χ3v) is 4.22. The Morgan fingerprint density at radius 2 is 1.77 bits per heavy atom. The van der Waals surface area contributed by atoms with E-state index < -0.39 is 17.8 Å². The number of carbonyl (C=O) groups excluding carboxylic acids is 2. The van der Waals surface area contributed by atoms with Gasteiger partial charge in [-0.25, -0.2) is 9.36 Å². The number of rotatable bonds is 7. The smallest absolute Gasteiger partial charge is 0.433 e. The second kappa shape index (κ2) is 10.3. The Bertz CT molecular complexity index is 1050. The zero-order chi connectivity index (χ0) is 23.0. The van der Waals surface area contributed by atoms with E-state index in [0.717, 1.165) is 4.68 Å². The molecule has 0 atom stereocenters. The van der Waals surface area contributed by atoms with Crippen LogP contribution >= 0.6 is 0 Å². The summed E-state index contributed by atoms with van der Waals surface area (Å²) in [7, 11) is 0. The average Bonchev–Trinajstić information content (AvgIpc) is 3.35. The molecule has 0 aliphatic rings. The number of alkyl halides is 3. The third kappa shape index (κ3) is 6.09. The predicted octanol–water partition coefficient (Wildman–Crippen LogP) is 2.86. The van der Waals surface area contributed by atoms with Crippen LogP contribution in [0.2, 0.25) is 0 Å². The zero-order valence-corrected chi connectivity index (χ0v) is 16.3. The lowest BCUT2D eigenvalue weighted by atomic mass is 10.2. The molecule has 0 saturated carbocycles. The lowest BCUT2D eigenvalue weighted by Crippen LogP contribution is -2.15. The van der Waals surface area contributed by atoms with Crippen LogP contribution in [0.25, 0.3) is 11.4 Å². The van der Waals surface area contributed by atoms with Gasteiger partial charge in [-0.1, -0.05) is 12.1 Å². The topological polar surface area (TPSA) is 120 Å². The van der Waals surface area contributed by atoms with E-state index in [1.807, 2.05) is 0 Å². The molecule has 9 nitrogen and oxygen atoms in total. The van der Waals surface area contributed by atoms with E-state index in [0.29, 0.717) is 24.2 Å². The van der Waals surface area contributed by atoms with Crippen molar-refractivity contribution in [2.45, 2.75) is 38.8 Å². The van der Waals surface area contributed by atoms with Crippen molar-refractivity contribution < 1.29 is 32.7 Å². The number of aromatic nitrogens is 5. The number of nitrogens with zero attached hydrogens (tertiary/aromatic N) is 5. The molecule has 2 aromatic heterocycles. The number of benzene rings is 1. The summed E-state index contributed by atoms with van der Waals surface area (Å²) in [5.74, 6) is -0.869. The maximum absolute atomic E-state index is 13.4. The van der Waals surface area contributed by atoms with Gasteiger partial charge in [0.25, 0.3) is 0 Å². The van der Waals surface area contributed by atoms with Crippen LogP contribution in [0.4, 0.5) is 13.2 Å². The first-order chi connectivity index (χ1) is 14.7. The van der Waals surface area contributed by atoms with Crippen LogP contribution in [-0.2, 0) is 33.4 Å². The summed E-state index contributed by atoms with van der Waals surface area (Å²) >= 11 is 0. The minimum Gasteiger partial charge on any atom is -0.481 e. The van der Waals surface area contributed by atoms with Gasteiger partial charge in [0, 0.05) is 12.0 Å². The number of aliphatic carboxylic acids is 1. The summed E-state index contributed by atoms with van der Waals surface area (Å²) in [6, 6.07) is 6.31. The predicted molar refractivity (Wildman–Crippen MR) is 98.4 cm³/mol. The number of carboxylic acids is 1. The largest absolute Gasteiger partial charge is 0.481 e. The fraction of sp³-hybridized carbons (Fsp3) is 0.316. The van der Waals surface area contributed by atoms with E-state index in [4.69, 9.17) is 14.7 Å². The summed E-state index contributed by atoms with van der Waals surface area (Å²) < 4.78 is 42.6. The van der Waals surface area contributed by atoms with Crippen LogP contribution in [-0.4, -0.2) is 42.0 Å². The molecule has 3 aromatic rings. The van der Waals surface area contributed by atoms with Crippen LogP contribution in [0.5, 0.6) is 0 Å². The van der Waals surface area contributed by atoms with Crippen LogP contribution in [0.3, 0.4) is 0 Å². The maximum Gasteiger partial charge on any atom is 0.433 e. The molecule has 12 heteroatoms. The van der Waals surface area contributed by atoms with Crippen molar-refractivity contribution in [2.75, 3.05) is 0 Å². The number of hydrogen-bond acceptors (Lipinski definition) is 6. The van der Waals surface area contributed by atoms with Gasteiger partial charge in [-0.05, 0) is 43.5 Å². The lowest BCUT2D eigenvalue weighted by Gasteiger charge is -2.12. The fourth-order valence-corrected chi connectivity index (χ4v) is 2.85. The third-order valence-electron chi connectivity index (χ3n) is 4.22. The highest BCUT2D eigenvalue weighted by Gasteiger charge is 2.38. The minimum absolute atomic E-state index is 0.0483. The first-order valence-corrected chi connectivity index (χ1v) is 9.08. The van der Waals surface area contributed by atoms with Gasteiger partial charge in [0.05, 0.1) is 29.5 Å². The van der Waals surface area contributed by atoms with Gasteiger partial charge in [-0.2, -0.15) is 27.9 Å². The number of halogens is 3. The van der Waals surface area contributed by atoms with Crippen LogP contribution in [0, 0.1) is 0 Å². The zero-order valence-electron chi connectivity index (χ0n) is 16.3. The van der Waals surface area contributed by atoms with Crippen LogP contribution in [0.15, 0.2) is 36.7 Å². The van der Waals surface area contributed by atoms with Crippen molar-refractivity contribution in [3.8, 4) is 11.4 Å². The molecule has 31 heavy (non-hydrogen) atoms. The first-order valence-electron chi connectivity index (χ1n) is 9.08. The second-order valence-corrected chi connectivity index (χ2v) is 6.28. The average molecular weight is 437 g/mol. The lowest BCUT2D eigenvalue weighted by molar-refractivity contribution is -0.191.